The van der Waals surface area contributed by atoms with Crippen molar-refractivity contribution in [2.24, 2.45) is 0 Å². The van der Waals surface area contributed by atoms with Gasteiger partial charge in [-0.1, -0.05) is 6.07 Å². The highest BCUT2D eigenvalue weighted by molar-refractivity contribution is 5.94. The van der Waals surface area contributed by atoms with E-state index in [4.69, 9.17) is 4.42 Å². The molecular weight excluding hydrogens is 375 g/mol. The van der Waals surface area contributed by atoms with Gasteiger partial charge in [-0.15, -0.1) is 0 Å². The lowest BCUT2D eigenvalue weighted by Gasteiger charge is -2.37. The minimum atomic E-state index is -4.47. The molecule has 1 N–H and O–H groups in total. The van der Waals surface area contributed by atoms with E-state index >= 15 is 0 Å². The number of rotatable bonds is 4. The van der Waals surface area contributed by atoms with Crippen molar-refractivity contribution in [2.75, 3.05) is 31.5 Å². The number of amides is 2. The van der Waals surface area contributed by atoms with Crippen molar-refractivity contribution < 1.29 is 27.2 Å². The number of alkyl halides is 3. The van der Waals surface area contributed by atoms with E-state index in [1.165, 1.54) is 18.4 Å². The van der Waals surface area contributed by atoms with Gasteiger partial charge in [0.1, 0.15) is 0 Å². The molecule has 1 aliphatic heterocycles. The minimum Gasteiger partial charge on any atom is -0.459 e. The molecule has 1 aliphatic rings. The molecule has 0 saturated carbocycles. The van der Waals surface area contributed by atoms with Crippen LogP contribution in [-0.4, -0.2) is 53.8 Å². The second-order valence-corrected chi connectivity index (χ2v) is 6.55. The fraction of sp³-hybridized carbons (Fsp3) is 0.368. The summed E-state index contributed by atoms with van der Waals surface area (Å²) in [6.07, 6.45) is -3.03. The largest absolute Gasteiger partial charge is 0.459 e. The molecule has 28 heavy (non-hydrogen) atoms. The Morgan fingerprint density at radius 3 is 2.43 bits per heavy atom. The van der Waals surface area contributed by atoms with Gasteiger partial charge in [-0.25, -0.2) is 0 Å². The van der Waals surface area contributed by atoms with E-state index in [0.717, 1.165) is 12.1 Å². The number of furan rings is 1. The van der Waals surface area contributed by atoms with Gasteiger partial charge in [-0.2, -0.15) is 13.2 Å². The number of benzene rings is 1. The number of anilines is 1. The molecule has 2 aromatic rings. The highest BCUT2D eigenvalue weighted by atomic mass is 19.4. The maximum Gasteiger partial charge on any atom is 0.416 e. The highest BCUT2D eigenvalue weighted by Gasteiger charge is 2.31. The molecule has 0 spiro atoms. The van der Waals surface area contributed by atoms with E-state index in [0.29, 0.717) is 26.2 Å². The van der Waals surface area contributed by atoms with Crippen LogP contribution in [0.25, 0.3) is 0 Å². The molecule has 2 heterocycles. The molecule has 1 fully saturated rings. The van der Waals surface area contributed by atoms with Crippen LogP contribution >= 0.6 is 0 Å². The lowest BCUT2D eigenvalue weighted by Crippen LogP contribution is -2.54. The summed E-state index contributed by atoms with van der Waals surface area (Å²) in [6.45, 7) is 3.50. The lowest BCUT2D eigenvalue weighted by atomic mass is 10.1. The van der Waals surface area contributed by atoms with Gasteiger partial charge in [0.25, 0.3) is 5.91 Å². The molecule has 6 nitrogen and oxygen atoms in total. The van der Waals surface area contributed by atoms with Crippen molar-refractivity contribution in [3.05, 3.63) is 54.0 Å². The Labute approximate surface area is 159 Å². The molecule has 2 amide bonds. The average Bonchev–Trinajstić information content (AvgIpc) is 3.21. The summed E-state index contributed by atoms with van der Waals surface area (Å²) < 4.78 is 43.5. The Hall–Kier alpha value is -2.81. The summed E-state index contributed by atoms with van der Waals surface area (Å²) >= 11 is 0. The number of halogens is 3. The summed E-state index contributed by atoms with van der Waals surface area (Å²) in [4.78, 5) is 28.2. The Morgan fingerprint density at radius 1 is 1.11 bits per heavy atom. The number of nitrogens with zero attached hydrogens (tertiary/aromatic N) is 2. The van der Waals surface area contributed by atoms with E-state index < -0.39 is 23.7 Å². The molecule has 0 radical (unpaired) electrons. The van der Waals surface area contributed by atoms with Crippen molar-refractivity contribution >= 4 is 17.5 Å². The fourth-order valence-corrected chi connectivity index (χ4v) is 3.05. The Morgan fingerprint density at radius 2 is 1.82 bits per heavy atom. The van der Waals surface area contributed by atoms with Crippen LogP contribution in [0.1, 0.15) is 23.0 Å². The van der Waals surface area contributed by atoms with Gasteiger partial charge in [-0.05, 0) is 37.3 Å². The number of piperazine rings is 1. The third-order valence-corrected chi connectivity index (χ3v) is 4.72. The number of nitrogens with one attached hydrogen (secondary N) is 1. The van der Waals surface area contributed by atoms with Crippen LogP contribution in [0, 0.1) is 0 Å². The highest BCUT2D eigenvalue weighted by Crippen LogP contribution is 2.30. The van der Waals surface area contributed by atoms with Gasteiger partial charge in [0.05, 0.1) is 17.9 Å². The number of hydrogen-bond acceptors (Lipinski definition) is 4. The quantitative estimate of drug-likeness (QED) is 0.864. The number of carbonyl (C=O) groups is 2. The van der Waals surface area contributed by atoms with Crippen molar-refractivity contribution in [3.63, 3.8) is 0 Å². The normalized spacial score (nSPS) is 16.6. The van der Waals surface area contributed by atoms with Crippen molar-refractivity contribution in [2.45, 2.75) is 19.1 Å². The monoisotopic (exact) mass is 395 g/mol. The first-order chi connectivity index (χ1) is 13.3. The van der Waals surface area contributed by atoms with Crippen LogP contribution in [-0.2, 0) is 11.0 Å². The SMILES string of the molecule is CC(C(=O)Nc1cccc(C(F)(F)F)c1)N1CCN(C(=O)c2ccco2)CC1. The first-order valence-corrected chi connectivity index (χ1v) is 8.80. The maximum absolute atomic E-state index is 12.8. The topological polar surface area (TPSA) is 65.8 Å². The third-order valence-electron chi connectivity index (χ3n) is 4.72. The average molecular weight is 395 g/mol. The van der Waals surface area contributed by atoms with E-state index in [2.05, 4.69) is 5.32 Å². The van der Waals surface area contributed by atoms with Crippen LogP contribution in [0.3, 0.4) is 0 Å². The van der Waals surface area contributed by atoms with Crippen molar-refractivity contribution in [1.29, 1.82) is 0 Å². The second kappa shape index (κ2) is 8.05. The summed E-state index contributed by atoms with van der Waals surface area (Å²) in [5.41, 5.74) is -0.721. The predicted octanol–water partition coefficient (Wildman–Crippen LogP) is 3.08. The molecule has 3 rings (SSSR count). The van der Waals surface area contributed by atoms with Gasteiger partial charge in [-0.3, -0.25) is 14.5 Å². The van der Waals surface area contributed by atoms with Crippen LogP contribution in [0.15, 0.2) is 47.1 Å². The standard InChI is InChI=1S/C19H20F3N3O3/c1-13(17(26)23-15-5-2-4-14(12-15)19(20,21)22)24-7-9-25(10-8-24)18(27)16-6-3-11-28-16/h2-6,11-13H,7-10H2,1H3,(H,23,26). The van der Waals surface area contributed by atoms with Gasteiger partial charge in [0.15, 0.2) is 5.76 Å². The van der Waals surface area contributed by atoms with Gasteiger partial charge in [0, 0.05) is 31.9 Å². The van der Waals surface area contributed by atoms with Gasteiger partial charge >= 0.3 is 6.18 Å². The summed E-state index contributed by atoms with van der Waals surface area (Å²) in [7, 11) is 0. The Balaban J connectivity index is 1.55. The molecule has 1 aromatic carbocycles. The zero-order valence-corrected chi connectivity index (χ0v) is 15.2. The lowest BCUT2D eigenvalue weighted by molar-refractivity contribution is -0.137. The first kappa shape index (κ1) is 19.9. The maximum atomic E-state index is 12.8. The predicted molar refractivity (Wildman–Crippen MR) is 95.7 cm³/mol. The minimum absolute atomic E-state index is 0.0957. The molecular formula is C19H20F3N3O3. The fourth-order valence-electron chi connectivity index (χ4n) is 3.05. The molecule has 150 valence electrons. The smallest absolute Gasteiger partial charge is 0.416 e. The number of hydrogen-bond donors (Lipinski definition) is 1. The van der Waals surface area contributed by atoms with Crippen LogP contribution in [0.4, 0.5) is 18.9 Å². The molecule has 1 unspecified atom stereocenters. The molecule has 0 aliphatic carbocycles. The summed E-state index contributed by atoms with van der Waals surface area (Å²) in [5.74, 6) is -0.334. The van der Waals surface area contributed by atoms with Crippen molar-refractivity contribution in [3.8, 4) is 0 Å². The second-order valence-electron chi connectivity index (χ2n) is 6.55. The third kappa shape index (κ3) is 4.53. The Kier molecular flexibility index (Phi) is 5.73. The van der Waals surface area contributed by atoms with Crippen LogP contribution in [0.2, 0.25) is 0 Å². The molecule has 1 saturated heterocycles. The zero-order chi connectivity index (χ0) is 20.3. The molecule has 1 atom stereocenters. The Bertz CT molecular complexity index is 828. The van der Waals surface area contributed by atoms with E-state index in [-0.39, 0.29) is 17.4 Å². The number of carbonyl (C=O) groups excluding carboxylic acids is 2. The molecule has 9 heteroatoms. The van der Waals surface area contributed by atoms with Crippen LogP contribution < -0.4 is 5.32 Å². The molecule has 0 bridgehead atoms. The molecule has 1 aromatic heterocycles. The summed E-state index contributed by atoms with van der Waals surface area (Å²) in [6, 6.07) is 7.22. The van der Waals surface area contributed by atoms with Gasteiger partial charge < -0.3 is 14.6 Å². The summed E-state index contributed by atoms with van der Waals surface area (Å²) in [5, 5.41) is 2.53. The van der Waals surface area contributed by atoms with Crippen molar-refractivity contribution in [1.82, 2.24) is 9.80 Å². The zero-order valence-electron chi connectivity index (χ0n) is 15.2. The van der Waals surface area contributed by atoms with E-state index in [1.54, 1.807) is 24.0 Å². The van der Waals surface area contributed by atoms with Crippen LogP contribution in [0.5, 0.6) is 0 Å². The first-order valence-electron chi connectivity index (χ1n) is 8.80. The van der Waals surface area contributed by atoms with E-state index in [9.17, 15) is 22.8 Å². The van der Waals surface area contributed by atoms with Gasteiger partial charge in [0.2, 0.25) is 5.91 Å². The van der Waals surface area contributed by atoms with E-state index in [1.807, 2.05) is 4.90 Å².